The van der Waals surface area contributed by atoms with E-state index in [2.05, 4.69) is 204 Å². The Bertz CT molecular complexity index is 2130. The van der Waals surface area contributed by atoms with Crippen molar-refractivity contribution in [3.05, 3.63) is 164 Å². The van der Waals surface area contributed by atoms with Crippen molar-refractivity contribution in [2.75, 3.05) is 0 Å². The average molecular weight is 831 g/mol. The van der Waals surface area contributed by atoms with Crippen molar-refractivity contribution in [2.45, 2.75) is 90.6 Å². The van der Waals surface area contributed by atoms with E-state index in [1.165, 1.54) is 66.8 Å². The molecule has 54 heavy (non-hydrogen) atoms. The Morgan fingerprint density at radius 3 is 1.30 bits per heavy atom. The standard InChI is InChI=1S/C33H33.C10H15.C8H8.2ClH.Zr/c1-32(2,3)30-20-26-24(18-28(30)22-13-9-7-10-14-22)17-25-19-29(23-15-11-8-12-16-23)31(21-27(25)26)33(4,5)6;1-8-5-6-9(7-8)10(2,3)4;1-2-8-6-4-3-5-7-8;;;/h7-21H,1-6H3;6-8H,1-4H3;3-7H,1H3;2*1H;/q;;;;;+2/p-2. The van der Waals surface area contributed by atoms with Gasteiger partial charge in [-0.05, 0) is 0 Å². The third-order valence-electron chi connectivity index (χ3n) is 11.4. The van der Waals surface area contributed by atoms with E-state index in [1.54, 1.807) is 6.49 Å². The second-order valence-electron chi connectivity index (χ2n) is 18.3. The Morgan fingerprint density at radius 1 is 0.519 bits per heavy atom. The van der Waals surface area contributed by atoms with E-state index < -0.39 is 21.3 Å². The summed E-state index contributed by atoms with van der Waals surface area (Å²) in [5, 5.41) is 0. The Kier molecular flexibility index (Phi) is 12.3. The number of halogens is 2. The van der Waals surface area contributed by atoms with Gasteiger partial charge in [0, 0.05) is 0 Å². The molecular formula is C51H56Cl2Zr. The molecule has 7 rings (SSSR count). The maximum Gasteiger partial charge on any atom is -1.00 e. The monoisotopic (exact) mass is 828 g/mol. The van der Waals surface area contributed by atoms with E-state index in [9.17, 15) is 0 Å². The maximum absolute atomic E-state index is 2.80. The molecule has 2 aliphatic carbocycles. The Morgan fingerprint density at radius 2 is 0.926 bits per heavy atom. The molecule has 1 atom stereocenters. The van der Waals surface area contributed by atoms with E-state index in [0.29, 0.717) is 9.54 Å². The Hall–Kier alpha value is -3.09. The van der Waals surface area contributed by atoms with E-state index in [-0.39, 0.29) is 41.1 Å². The molecule has 0 amide bonds. The largest absolute Gasteiger partial charge is 1.00 e. The van der Waals surface area contributed by atoms with Crippen LogP contribution in [-0.4, -0.2) is 3.21 Å². The molecule has 0 saturated heterocycles. The molecule has 2 aliphatic rings. The molecule has 0 aromatic heterocycles. The van der Waals surface area contributed by atoms with Crippen LogP contribution in [0.2, 0.25) is 0 Å². The van der Waals surface area contributed by atoms with Crippen LogP contribution in [0.5, 0.6) is 0 Å². The molecule has 1 unspecified atom stereocenters. The fraction of sp³-hybridized carbons (Fsp3) is 0.314. The van der Waals surface area contributed by atoms with Crippen molar-refractivity contribution in [1.29, 1.82) is 0 Å². The van der Waals surface area contributed by atoms with E-state index in [1.807, 2.05) is 0 Å². The summed E-state index contributed by atoms with van der Waals surface area (Å²) in [5.41, 5.74) is 17.2. The van der Waals surface area contributed by atoms with Crippen LogP contribution in [0.3, 0.4) is 0 Å². The number of allylic oxidation sites excluding steroid dienone is 4. The molecule has 0 spiro atoms. The van der Waals surface area contributed by atoms with Gasteiger partial charge in [-0.15, -0.1) is 0 Å². The minimum absolute atomic E-state index is 0. The first-order valence-electron chi connectivity index (χ1n) is 19.2. The van der Waals surface area contributed by atoms with Crippen molar-refractivity contribution < 1.29 is 46.1 Å². The summed E-state index contributed by atoms with van der Waals surface area (Å²) in [5.74, 6) is 0.430. The van der Waals surface area contributed by atoms with Crippen molar-refractivity contribution in [1.82, 2.24) is 0 Å². The van der Waals surface area contributed by atoms with Gasteiger partial charge in [0.05, 0.1) is 0 Å². The molecule has 0 fully saturated rings. The van der Waals surface area contributed by atoms with E-state index in [0.717, 1.165) is 0 Å². The number of hydrogen-bond donors (Lipinski definition) is 0. The van der Waals surface area contributed by atoms with Gasteiger partial charge in [0.1, 0.15) is 0 Å². The third kappa shape index (κ3) is 7.94. The smallest absolute Gasteiger partial charge is 1.00 e. The molecule has 0 N–H and O–H groups in total. The van der Waals surface area contributed by atoms with Gasteiger partial charge in [0.15, 0.2) is 0 Å². The molecule has 278 valence electrons. The zero-order valence-electron chi connectivity index (χ0n) is 34.0. The van der Waals surface area contributed by atoms with Crippen LogP contribution in [0.15, 0.2) is 136 Å². The van der Waals surface area contributed by atoms with Crippen molar-refractivity contribution in [3.63, 3.8) is 0 Å². The van der Waals surface area contributed by atoms with Crippen LogP contribution in [0.4, 0.5) is 0 Å². The zero-order chi connectivity index (χ0) is 37.2. The van der Waals surface area contributed by atoms with Gasteiger partial charge in [-0.25, -0.2) is 0 Å². The summed E-state index contributed by atoms with van der Waals surface area (Å²) >= 11 is -2.80. The molecule has 5 aromatic rings. The van der Waals surface area contributed by atoms with Gasteiger partial charge in [-0.1, -0.05) is 0 Å². The van der Waals surface area contributed by atoms with E-state index in [4.69, 9.17) is 0 Å². The minimum Gasteiger partial charge on any atom is -1.00 e. The maximum atomic E-state index is 2.66. The van der Waals surface area contributed by atoms with Crippen LogP contribution < -0.4 is 24.8 Å². The van der Waals surface area contributed by atoms with Crippen LogP contribution in [-0.2, 0) is 32.1 Å². The first kappa shape index (κ1) is 42.1. The predicted octanol–water partition coefficient (Wildman–Crippen LogP) is 8.06. The minimum atomic E-state index is -2.80. The molecule has 0 bridgehead atoms. The molecule has 0 saturated carbocycles. The predicted molar refractivity (Wildman–Crippen MR) is 223 cm³/mol. The van der Waals surface area contributed by atoms with Gasteiger partial charge in [-0.3, -0.25) is 0 Å². The van der Waals surface area contributed by atoms with Crippen LogP contribution in [0.25, 0.3) is 33.4 Å². The van der Waals surface area contributed by atoms with Crippen molar-refractivity contribution in [2.24, 2.45) is 11.3 Å². The van der Waals surface area contributed by atoms with Crippen LogP contribution in [0.1, 0.15) is 108 Å². The fourth-order valence-corrected chi connectivity index (χ4v) is 17.5. The quantitative estimate of drug-likeness (QED) is 0.168. The Labute approximate surface area is 346 Å². The molecule has 3 heteroatoms. The Balaban J connectivity index is 0.00000280. The summed E-state index contributed by atoms with van der Waals surface area (Å²) in [4.78, 5) is 0. The van der Waals surface area contributed by atoms with Crippen molar-refractivity contribution >= 4 is 3.21 Å². The molecule has 0 heterocycles. The van der Waals surface area contributed by atoms with Gasteiger partial charge < -0.3 is 24.8 Å². The van der Waals surface area contributed by atoms with Gasteiger partial charge in [0.25, 0.3) is 0 Å². The van der Waals surface area contributed by atoms with Crippen LogP contribution >= 0.6 is 0 Å². The first-order chi connectivity index (χ1) is 24.5. The SMILES string of the molecule is C/[C](c1ccccc1)=[Zr+2](/[C]1=CC(C(C)(C)C)=CC1C)[CH]1c2cc(-c3ccccc3)c(C(C)(C)C)cc2-c2cc(C(C)(C)C)c(-c3ccccc3)cc21.[Cl-].[Cl-]. The van der Waals surface area contributed by atoms with Crippen molar-refractivity contribution in [3.8, 4) is 33.4 Å². The average Bonchev–Trinajstić information content (AvgIpc) is 3.65. The molecule has 0 radical (unpaired) electrons. The first-order valence-corrected chi connectivity index (χ1v) is 23.1. The molecule has 0 nitrogen and oxygen atoms in total. The summed E-state index contributed by atoms with van der Waals surface area (Å²) in [6.45, 7) is 26.4. The zero-order valence-corrected chi connectivity index (χ0v) is 38.0. The summed E-state index contributed by atoms with van der Waals surface area (Å²) in [7, 11) is 0. The molecule has 0 aliphatic heterocycles. The summed E-state index contributed by atoms with van der Waals surface area (Å²) < 4.78 is 3.71. The van der Waals surface area contributed by atoms with Gasteiger partial charge in [0.2, 0.25) is 0 Å². The number of benzene rings is 5. The third-order valence-corrected chi connectivity index (χ3v) is 20.0. The van der Waals surface area contributed by atoms with Crippen LogP contribution in [0, 0.1) is 11.3 Å². The van der Waals surface area contributed by atoms with E-state index >= 15 is 0 Å². The van der Waals surface area contributed by atoms with Gasteiger partial charge in [-0.2, -0.15) is 0 Å². The second-order valence-corrected chi connectivity index (χ2v) is 25.0. The normalized spacial score (nSPS) is 15.7. The topological polar surface area (TPSA) is 0 Å². The number of rotatable bonds is 5. The fourth-order valence-electron chi connectivity index (χ4n) is 8.55. The molecule has 5 aromatic carbocycles. The molecular weight excluding hydrogens is 775 g/mol. The second kappa shape index (κ2) is 15.8. The van der Waals surface area contributed by atoms with Gasteiger partial charge >= 0.3 is 324 Å². The summed E-state index contributed by atoms with van der Waals surface area (Å²) in [6.07, 6.45) is 5.24. The summed E-state index contributed by atoms with van der Waals surface area (Å²) in [6, 6.07) is 44.1. The number of hydrogen-bond acceptors (Lipinski definition) is 0. The number of fused-ring (bicyclic) bond motifs is 3.